The maximum absolute atomic E-state index is 5.26. The normalized spacial score (nSPS) is 11.4. The molecule has 24 aromatic rings. The Bertz CT molecular complexity index is 7690. The third kappa shape index (κ3) is 17.7. The summed E-state index contributed by atoms with van der Waals surface area (Å²) in [7, 11) is -2.69. The molecule has 4 heterocycles. The van der Waals surface area contributed by atoms with E-state index in [2.05, 4.69) is 435 Å². The molecule has 4 aromatic heterocycles. The van der Waals surface area contributed by atoms with Crippen LogP contribution in [0.25, 0.3) is 130 Å². The summed E-state index contributed by atoms with van der Waals surface area (Å²) in [5.74, 6) is 5.78. The van der Waals surface area contributed by atoms with Gasteiger partial charge in [0.25, 0.3) is 0 Å². The van der Waals surface area contributed by atoms with Crippen LogP contribution in [0.15, 0.2) is 570 Å². The highest BCUT2D eigenvalue weighted by Gasteiger charge is 2.43. The minimum absolute atomic E-state index is 0.558. The fourth-order valence-corrected chi connectivity index (χ4v) is 24.9. The van der Waals surface area contributed by atoms with Gasteiger partial charge in [-0.25, -0.2) is 44.9 Å². The number of fused-ring (bicyclic) bond motifs is 3. The molecule has 672 valence electrons. The van der Waals surface area contributed by atoms with E-state index in [1.165, 1.54) is 59.5 Å². The second-order valence-corrected chi connectivity index (χ2v) is 38.8. The summed E-state index contributed by atoms with van der Waals surface area (Å²) < 4.78 is 2.33. The van der Waals surface area contributed by atoms with Crippen LogP contribution in [0.4, 0.5) is 0 Å². The van der Waals surface area contributed by atoms with E-state index in [1.54, 1.807) is 0 Å². The van der Waals surface area contributed by atoms with E-state index in [-0.39, 0.29) is 0 Å². The van der Waals surface area contributed by atoms with Crippen LogP contribution in [0.5, 0.6) is 0 Å². The molecule has 0 amide bonds. The van der Waals surface area contributed by atoms with Gasteiger partial charge in [0.1, 0.15) is 0 Å². The van der Waals surface area contributed by atoms with Crippen molar-refractivity contribution in [3.63, 3.8) is 0 Å². The largest absolute Gasteiger partial charge is 0.309 e. The molecule has 0 aliphatic heterocycles. The predicted octanol–water partition coefficient (Wildman–Crippen LogP) is 27.9. The third-order valence-electron chi connectivity index (χ3n) is 26.5. The van der Waals surface area contributed by atoms with Crippen LogP contribution < -0.4 is 20.7 Å². The van der Waals surface area contributed by atoms with Gasteiger partial charge in [0.05, 0.1) is 21.9 Å². The van der Waals surface area contributed by atoms with Gasteiger partial charge in [-0.2, -0.15) is 0 Å². The Hall–Kier alpha value is -18.6. The van der Waals surface area contributed by atoms with E-state index in [9.17, 15) is 0 Å². The number of para-hydroxylation sites is 2. The highest BCUT2D eigenvalue weighted by atomic mass is 28.3. The van der Waals surface area contributed by atoms with Crippen LogP contribution in [-0.4, -0.2) is 57.5 Å². The first-order valence-electron chi connectivity index (χ1n) is 47.9. The van der Waals surface area contributed by atoms with Crippen LogP contribution >= 0.6 is 0 Å². The molecule has 0 unspecified atom stereocenters. The molecule has 0 saturated carbocycles. The van der Waals surface area contributed by atoms with Crippen molar-refractivity contribution in [2.24, 2.45) is 0 Å². The summed E-state index contributed by atoms with van der Waals surface area (Å²) in [6, 6.07) is 200. The van der Waals surface area contributed by atoms with Gasteiger partial charge in [-0.15, -0.1) is 0 Å². The lowest BCUT2D eigenvalue weighted by atomic mass is 9.65. The summed E-state index contributed by atoms with van der Waals surface area (Å²) >= 11 is 0. The zero-order valence-corrected chi connectivity index (χ0v) is 78.7. The Morgan fingerprint density at radius 1 is 0.141 bits per heavy atom. The molecule has 0 radical (unpaired) electrons. The van der Waals surface area contributed by atoms with Crippen molar-refractivity contribution in [2.45, 2.75) is 10.8 Å². The average molecular weight is 1840 g/mol. The SMILES string of the molecule is c1ccc(-c2nc(-c3cccc(C(c4ccccc4)(c4ccccc4)c4ccccc4)c3)nc(-c3ccc4c(c3)c3ccccc3n4-c3ccccc3)n2)cc1.c1ccc(-c2nc(-c3ccccc3)nc(-c3cccc(C(c4ccccc4)(c4ccccc4)c4ccccc4)c3)n2)cc1.c1ccc(-c2nc(-c3ccccc3)nc(-c3cccc([Si](c4ccccc4)(c4ccccc4)c4ccccc4)c3)n2)cc1. The molecule has 0 spiro atoms. The molecule has 24 rings (SSSR count). The fraction of sp³-hybridized carbons (Fsp3) is 0.0153. The molecular formula is C131H94N10Si. The summed E-state index contributed by atoms with van der Waals surface area (Å²) in [4.78, 5) is 45.5. The van der Waals surface area contributed by atoms with Crippen molar-refractivity contribution < 1.29 is 0 Å². The molecule has 0 fully saturated rings. The highest BCUT2D eigenvalue weighted by Crippen LogP contribution is 2.49. The number of rotatable bonds is 22. The summed E-state index contributed by atoms with van der Waals surface area (Å²) in [6.07, 6.45) is 0. The fourth-order valence-electron chi connectivity index (χ4n) is 20.1. The standard InChI is InChI=1S/C52H36N4.C40H29N3.C39H29N3Si/c1-6-19-37(20-7-1)49-53-50(55-51(54-49)39-33-34-48-46(36-39)45-31-16-17-32-47(45)56(48)44-29-14-5-15-30-44)38-21-18-28-43(35-38)52(40-22-8-2-9-23-40,41-24-10-3-11-25-41)42-26-12-4-13-27-42;1-6-17-30(18-7-1)37-41-38(31-19-8-2-9-20-31)43-39(42-37)32-21-16-28-36(29-32)40(33-22-10-3-11-23-33,34-24-12-4-13-25-34)35-26-14-5-15-27-35;1-6-17-30(18-7-1)37-40-38(31-19-8-2-9-20-31)42-39(41-37)32-21-16-28-36(29-32)43(33-22-10-3-11-23-33,34-24-12-4-13-25-34)35-26-14-5-15-27-35/h1-36H;2*1-29H. The van der Waals surface area contributed by atoms with Crippen LogP contribution in [-0.2, 0) is 10.8 Å². The predicted molar refractivity (Wildman–Crippen MR) is 583 cm³/mol. The lowest BCUT2D eigenvalue weighted by Crippen LogP contribution is -2.74. The van der Waals surface area contributed by atoms with Crippen LogP contribution in [0.2, 0.25) is 0 Å². The Balaban J connectivity index is 0.000000124. The number of aromatic nitrogens is 10. The number of hydrogen-bond donors (Lipinski definition) is 0. The van der Waals surface area contributed by atoms with Gasteiger partial charge < -0.3 is 4.57 Å². The van der Waals surface area contributed by atoms with E-state index in [0.29, 0.717) is 52.4 Å². The van der Waals surface area contributed by atoms with Gasteiger partial charge in [0, 0.05) is 66.5 Å². The smallest absolute Gasteiger partial charge is 0.179 e. The molecule has 0 aliphatic carbocycles. The lowest BCUT2D eigenvalue weighted by Gasteiger charge is -2.37. The van der Waals surface area contributed by atoms with Gasteiger partial charge in [-0.1, -0.05) is 522 Å². The molecule has 0 atom stereocenters. The van der Waals surface area contributed by atoms with Crippen molar-refractivity contribution in [1.29, 1.82) is 0 Å². The maximum atomic E-state index is 5.26. The number of benzene rings is 20. The summed E-state index contributed by atoms with van der Waals surface area (Å²) in [6.45, 7) is 0. The maximum Gasteiger partial charge on any atom is 0.179 e. The van der Waals surface area contributed by atoms with Crippen molar-refractivity contribution in [2.75, 3.05) is 0 Å². The number of nitrogens with zero attached hydrogens (tertiary/aromatic N) is 10. The van der Waals surface area contributed by atoms with Gasteiger partial charge in [-0.3, -0.25) is 0 Å². The summed E-state index contributed by atoms with van der Waals surface area (Å²) in [5.41, 5.74) is 20.1. The monoisotopic (exact) mass is 1830 g/mol. The lowest BCUT2D eigenvalue weighted by molar-refractivity contribution is 0.745. The molecule has 11 heteroatoms. The van der Waals surface area contributed by atoms with E-state index in [1.807, 2.05) is 140 Å². The second-order valence-electron chi connectivity index (χ2n) is 35.0. The molecule has 20 aromatic carbocycles. The zero-order valence-electron chi connectivity index (χ0n) is 77.7. The number of hydrogen-bond acceptors (Lipinski definition) is 9. The molecule has 10 nitrogen and oxygen atoms in total. The molecular weight excluding hydrogens is 1740 g/mol. The van der Waals surface area contributed by atoms with Crippen molar-refractivity contribution in [3.8, 4) is 108 Å². The quantitative estimate of drug-likeness (QED) is 0.0482. The van der Waals surface area contributed by atoms with Gasteiger partial charge >= 0.3 is 0 Å². The first-order valence-corrected chi connectivity index (χ1v) is 49.9. The van der Waals surface area contributed by atoms with Crippen molar-refractivity contribution in [1.82, 2.24) is 49.4 Å². The summed E-state index contributed by atoms with van der Waals surface area (Å²) in [5, 5.41) is 7.58. The Labute approximate surface area is 828 Å². The van der Waals surface area contributed by atoms with E-state index >= 15 is 0 Å². The van der Waals surface area contributed by atoms with Gasteiger partial charge in [-0.05, 0) is 114 Å². The van der Waals surface area contributed by atoms with Crippen LogP contribution in [0, 0.1) is 0 Å². The van der Waals surface area contributed by atoms with Gasteiger partial charge in [0.15, 0.2) is 60.5 Å². The van der Waals surface area contributed by atoms with E-state index < -0.39 is 18.9 Å². The molecule has 0 bridgehead atoms. The minimum Gasteiger partial charge on any atom is -0.309 e. The topological polar surface area (TPSA) is 121 Å². The van der Waals surface area contributed by atoms with Crippen LogP contribution in [0.3, 0.4) is 0 Å². The zero-order chi connectivity index (χ0) is 95.1. The van der Waals surface area contributed by atoms with Gasteiger partial charge in [0.2, 0.25) is 0 Å². The Kier molecular flexibility index (Phi) is 25.5. The van der Waals surface area contributed by atoms with Crippen molar-refractivity contribution in [3.05, 3.63) is 615 Å². The molecule has 0 aliphatic rings. The first kappa shape index (κ1) is 88.7. The molecule has 0 saturated heterocycles. The third-order valence-corrected chi connectivity index (χ3v) is 31.3. The second kappa shape index (κ2) is 40.8. The Morgan fingerprint density at radius 2 is 0.345 bits per heavy atom. The Morgan fingerprint density at radius 3 is 0.641 bits per heavy atom. The van der Waals surface area contributed by atoms with E-state index in [4.69, 9.17) is 44.9 Å². The minimum atomic E-state index is -2.69. The molecule has 0 N–H and O–H groups in total. The average Bonchev–Trinajstić information content (AvgIpc) is 1.20. The highest BCUT2D eigenvalue weighted by molar-refractivity contribution is 7.20. The van der Waals surface area contributed by atoms with E-state index in [0.717, 1.165) is 83.3 Å². The molecule has 142 heavy (non-hydrogen) atoms. The first-order chi connectivity index (χ1) is 70.4. The van der Waals surface area contributed by atoms with Crippen LogP contribution in [0.1, 0.15) is 44.5 Å². The van der Waals surface area contributed by atoms with Crippen molar-refractivity contribution >= 4 is 50.6 Å².